The van der Waals surface area contributed by atoms with Crippen LogP contribution in [-0.4, -0.2) is 27.4 Å². The first-order valence-electron chi connectivity index (χ1n) is 4.42. The molecule has 1 N–H and O–H groups in total. The fourth-order valence-electron chi connectivity index (χ4n) is 1.29. The van der Waals surface area contributed by atoms with Gasteiger partial charge in [-0.15, -0.1) is 0 Å². The van der Waals surface area contributed by atoms with Gasteiger partial charge in [0, 0.05) is 13.1 Å². The molecule has 1 rings (SSSR count). The molecule has 0 bridgehead atoms. The molecule has 1 heterocycles. The Balaban J connectivity index is 1.91. The molecule has 3 heteroatoms. The summed E-state index contributed by atoms with van der Waals surface area (Å²) in [5, 5.41) is 0. The van der Waals surface area contributed by atoms with Crippen LogP contribution >= 0.6 is 0 Å². The van der Waals surface area contributed by atoms with Gasteiger partial charge in [-0.25, -0.2) is 0 Å². The summed E-state index contributed by atoms with van der Waals surface area (Å²) in [6.07, 6.45) is 4.07. The molecule has 0 radical (unpaired) electrons. The van der Waals surface area contributed by atoms with E-state index in [-0.39, 0.29) is 9.68 Å². The first-order valence-corrected chi connectivity index (χ1v) is 6.05. The lowest BCUT2D eigenvalue weighted by Gasteiger charge is -2.15. The number of hydrogen-bond donors (Lipinski definition) is 1. The topological polar surface area (TPSA) is 15.3 Å². The molecule has 2 nitrogen and oxygen atoms in total. The van der Waals surface area contributed by atoms with Gasteiger partial charge >= 0.3 is 0 Å². The quantitative estimate of drug-likeness (QED) is 0.473. The molecule has 60 valence electrons. The zero-order chi connectivity index (χ0) is 7.23. The number of unbranched alkanes of at least 4 members (excludes halogenated alkanes) is 1. The zero-order valence-corrected chi connectivity index (χ0v) is 8.31. The average Bonchev–Trinajstić information content (AvgIpc) is 2.41. The summed E-state index contributed by atoms with van der Waals surface area (Å²) in [6, 6.07) is 1.51. The van der Waals surface area contributed by atoms with Gasteiger partial charge in [0.05, 0.1) is 0 Å². The van der Waals surface area contributed by atoms with E-state index in [1.807, 2.05) is 0 Å². The van der Waals surface area contributed by atoms with Crippen molar-refractivity contribution < 1.29 is 0 Å². The number of hydrazine groups is 1. The highest BCUT2D eigenvalue weighted by Crippen LogP contribution is 2.02. The lowest BCUT2D eigenvalue weighted by Crippen LogP contribution is -2.37. The third-order valence-electron chi connectivity index (χ3n) is 1.97. The van der Waals surface area contributed by atoms with Crippen LogP contribution < -0.4 is 5.43 Å². The van der Waals surface area contributed by atoms with E-state index < -0.39 is 0 Å². The van der Waals surface area contributed by atoms with Gasteiger partial charge in [0.1, 0.15) is 9.68 Å². The zero-order valence-electron chi connectivity index (χ0n) is 6.90. The Bertz CT molecular complexity index is 81.7. The molecule has 0 saturated carbocycles. The van der Waals surface area contributed by atoms with Gasteiger partial charge in [0.2, 0.25) is 0 Å². The maximum atomic E-state index is 3.48. The Hall–Kier alpha value is 0.137. The van der Waals surface area contributed by atoms with Crippen LogP contribution in [0.4, 0.5) is 0 Å². The number of hydrogen-bond acceptors (Lipinski definition) is 2. The van der Waals surface area contributed by atoms with Gasteiger partial charge < -0.3 is 0 Å². The van der Waals surface area contributed by atoms with Gasteiger partial charge in [-0.3, -0.25) is 10.1 Å². The molecule has 1 aliphatic rings. The minimum atomic E-state index is 0.151. The summed E-state index contributed by atoms with van der Waals surface area (Å²) in [4.78, 5) is 0. The van der Waals surface area contributed by atoms with Crippen molar-refractivity contribution in [1.29, 1.82) is 0 Å². The Morgan fingerprint density at radius 3 is 3.10 bits per heavy atom. The first-order chi connectivity index (χ1) is 4.93. The molecule has 0 unspecified atom stereocenters. The molecule has 1 saturated heterocycles. The Labute approximate surface area is 65.9 Å². The predicted octanol–water partition coefficient (Wildman–Crippen LogP) is 0.499. The lowest BCUT2D eigenvalue weighted by molar-refractivity contribution is 0.346. The minimum absolute atomic E-state index is 0.151. The summed E-state index contributed by atoms with van der Waals surface area (Å²) in [5.74, 6) is 0. The molecule has 0 aromatic carbocycles. The van der Waals surface area contributed by atoms with Crippen LogP contribution in [0.2, 0.25) is 6.04 Å². The molecule has 0 spiro atoms. The molecule has 1 fully saturated rings. The summed E-state index contributed by atoms with van der Waals surface area (Å²) < 4.78 is 2.48. The van der Waals surface area contributed by atoms with Crippen LogP contribution in [0.1, 0.15) is 26.2 Å². The minimum Gasteiger partial charge on any atom is -0.273 e. The van der Waals surface area contributed by atoms with Crippen molar-refractivity contribution >= 4 is 9.68 Å². The third kappa shape index (κ3) is 2.81. The van der Waals surface area contributed by atoms with E-state index in [9.17, 15) is 0 Å². The van der Waals surface area contributed by atoms with Crippen molar-refractivity contribution in [1.82, 2.24) is 10.1 Å². The Kier molecular flexibility index (Phi) is 4.02. The molecule has 0 aliphatic carbocycles. The molecule has 0 amide bonds. The SMILES string of the molecule is CCCCNN1CCC[SiH2]1. The highest BCUT2D eigenvalue weighted by atomic mass is 28.2. The second-order valence-electron chi connectivity index (χ2n) is 2.96. The summed E-state index contributed by atoms with van der Waals surface area (Å²) in [6.45, 7) is 4.75. The van der Waals surface area contributed by atoms with Crippen molar-refractivity contribution in [3.63, 3.8) is 0 Å². The molecule has 0 aromatic rings. The van der Waals surface area contributed by atoms with Crippen LogP contribution in [0.3, 0.4) is 0 Å². The molecule has 1 aliphatic heterocycles. The van der Waals surface area contributed by atoms with Crippen molar-refractivity contribution in [2.75, 3.05) is 13.1 Å². The lowest BCUT2D eigenvalue weighted by atomic mass is 10.3. The van der Waals surface area contributed by atoms with E-state index in [0.717, 1.165) is 0 Å². The van der Waals surface area contributed by atoms with E-state index in [2.05, 4.69) is 17.0 Å². The molecule has 10 heavy (non-hydrogen) atoms. The van der Waals surface area contributed by atoms with Crippen molar-refractivity contribution in [2.45, 2.75) is 32.2 Å². The smallest absolute Gasteiger partial charge is 0.114 e. The fourth-order valence-corrected chi connectivity index (χ4v) is 2.88. The average molecular weight is 158 g/mol. The summed E-state index contributed by atoms with van der Waals surface area (Å²) >= 11 is 0. The van der Waals surface area contributed by atoms with Gasteiger partial charge in [0.15, 0.2) is 0 Å². The van der Waals surface area contributed by atoms with E-state index in [4.69, 9.17) is 0 Å². The Morgan fingerprint density at radius 2 is 2.50 bits per heavy atom. The van der Waals surface area contributed by atoms with Gasteiger partial charge in [-0.1, -0.05) is 13.3 Å². The monoisotopic (exact) mass is 158 g/mol. The fraction of sp³-hybridized carbons (Fsp3) is 1.00. The van der Waals surface area contributed by atoms with E-state index in [1.165, 1.54) is 38.4 Å². The number of rotatable bonds is 4. The van der Waals surface area contributed by atoms with Crippen molar-refractivity contribution in [3.8, 4) is 0 Å². The molecular formula is C7H18N2Si. The van der Waals surface area contributed by atoms with Gasteiger partial charge in [-0.2, -0.15) is 0 Å². The second kappa shape index (κ2) is 4.88. The van der Waals surface area contributed by atoms with Crippen LogP contribution in [0.25, 0.3) is 0 Å². The van der Waals surface area contributed by atoms with Gasteiger partial charge in [0.25, 0.3) is 0 Å². The predicted molar refractivity (Wildman–Crippen MR) is 47.6 cm³/mol. The molecular weight excluding hydrogens is 140 g/mol. The highest BCUT2D eigenvalue weighted by Gasteiger charge is 2.09. The maximum Gasteiger partial charge on any atom is 0.114 e. The standard InChI is InChI=1S/C7H18N2Si/c1-2-3-5-8-9-6-4-7-10-9/h8H,2-7,10H2,1H3. The Morgan fingerprint density at radius 1 is 1.60 bits per heavy atom. The second-order valence-corrected chi connectivity index (χ2v) is 4.87. The van der Waals surface area contributed by atoms with E-state index >= 15 is 0 Å². The van der Waals surface area contributed by atoms with E-state index in [0.29, 0.717) is 0 Å². The maximum absolute atomic E-state index is 3.48. The van der Waals surface area contributed by atoms with Crippen LogP contribution in [0.15, 0.2) is 0 Å². The normalized spacial score (nSPS) is 22.5. The first kappa shape index (κ1) is 8.24. The van der Waals surface area contributed by atoms with Crippen molar-refractivity contribution in [2.24, 2.45) is 0 Å². The van der Waals surface area contributed by atoms with Crippen LogP contribution in [-0.2, 0) is 0 Å². The highest BCUT2D eigenvalue weighted by molar-refractivity contribution is 6.32. The van der Waals surface area contributed by atoms with Crippen LogP contribution in [0.5, 0.6) is 0 Å². The summed E-state index contributed by atoms with van der Waals surface area (Å²) in [5.41, 5.74) is 3.48. The molecule has 0 aromatic heterocycles. The van der Waals surface area contributed by atoms with E-state index in [1.54, 1.807) is 0 Å². The van der Waals surface area contributed by atoms with Crippen molar-refractivity contribution in [3.05, 3.63) is 0 Å². The number of nitrogens with one attached hydrogen (secondary N) is 1. The number of nitrogens with zero attached hydrogens (tertiary/aromatic N) is 1. The third-order valence-corrected chi connectivity index (χ3v) is 3.87. The molecule has 0 atom stereocenters. The van der Waals surface area contributed by atoms with Crippen LogP contribution in [0, 0.1) is 0 Å². The largest absolute Gasteiger partial charge is 0.273 e. The van der Waals surface area contributed by atoms with Gasteiger partial charge in [-0.05, 0) is 18.9 Å². The summed E-state index contributed by atoms with van der Waals surface area (Å²) in [7, 11) is 0.151.